The number of unbranched alkanes of at least 4 members (excludes halogenated alkanes) is 2. The molecule has 0 aliphatic carbocycles. The van der Waals surface area contributed by atoms with Crippen molar-refractivity contribution in [1.82, 2.24) is 5.32 Å². The molecule has 0 unspecified atom stereocenters. The average molecular weight is 472 g/mol. The van der Waals surface area contributed by atoms with Crippen LogP contribution in [0, 0.1) is 15.9 Å². The molecule has 2 aromatic carbocycles. The van der Waals surface area contributed by atoms with E-state index < -0.39 is 22.5 Å². The van der Waals surface area contributed by atoms with Gasteiger partial charge in [0.1, 0.15) is 18.2 Å². The Morgan fingerprint density at radius 2 is 1.88 bits per heavy atom. The van der Waals surface area contributed by atoms with Gasteiger partial charge in [-0.3, -0.25) is 14.9 Å². The van der Waals surface area contributed by atoms with Crippen molar-refractivity contribution in [3.05, 3.63) is 69.0 Å². The van der Waals surface area contributed by atoms with E-state index in [4.69, 9.17) is 4.74 Å². The fraction of sp³-hybridized carbons (Fsp3) is 0.409. The first kappa shape index (κ1) is 26.0. The fourth-order valence-corrected chi connectivity index (χ4v) is 3.02. The summed E-state index contributed by atoms with van der Waals surface area (Å²) in [7, 11) is 1.33. The SMILES string of the molecule is COC(=O)CCCCCNCc1cc([N+](=O)[O-])ccc1OCc1ccc(F)c(C(F)(F)F)c1. The third-order valence-electron chi connectivity index (χ3n) is 4.76. The van der Waals surface area contributed by atoms with E-state index in [1.54, 1.807) is 0 Å². The van der Waals surface area contributed by atoms with Gasteiger partial charge in [0.15, 0.2) is 0 Å². The molecule has 1 N–H and O–H groups in total. The third kappa shape index (κ3) is 8.33. The zero-order valence-electron chi connectivity index (χ0n) is 17.9. The van der Waals surface area contributed by atoms with Crippen LogP contribution in [0.4, 0.5) is 23.2 Å². The molecule has 0 saturated carbocycles. The maximum Gasteiger partial charge on any atom is 0.419 e. The number of methoxy groups -OCH3 is 1. The molecule has 0 bridgehead atoms. The lowest BCUT2D eigenvalue weighted by atomic mass is 10.1. The van der Waals surface area contributed by atoms with E-state index in [1.807, 2.05) is 0 Å². The second-order valence-corrected chi connectivity index (χ2v) is 7.21. The van der Waals surface area contributed by atoms with Crippen LogP contribution >= 0.6 is 0 Å². The number of hydrogen-bond acceptors (Lipinski definition) is 6. The molecule has 0 amide bonds. The smallest absolute Gasteiger partial charge is 0.419 e. The largest absolute Gasteiger partial charge is 0.489 e. The zero-order chi connectivity index (χ0) is 24.4. The van der Waals surface area contributed by atoms with E-state index >= 15 is 0 Å². The van der Waals surface area contributed by atoms with E-state index in [0.717, 1.165) is 18.9 Å². The first-order chi connectivity index (χ1) is 15.6. The molecule has 0 atom stereocenters. The normalized spacial score (nSPS) is 11.3. The summed E-state index contributed by atoms with van der Waals surface area (Å²) >= 11 is 0. The van der Waals surface area contributed by atoms with Crippen molar-refractivity contribution in [3.8, 4) is 5.75 Å². The van der Waals surface area contributed by atoms with Gasteiger partial charge < -0.3 is 14.8 Å². The minimum absolute atomic E-state index is 0.103. The second kappa shape index (κ2) is 12.1. The summed E-state index contributed by atoms with van der Waals surface area (Å²) in [4.78, 5) is 21.6. The number of carbonyl (C=O) groups excluding carboxylic acids is 1. The molecular formula is C22H24F4N2O5. The molecule has 11 heteroatoms. The maximum atomic E-state index is 13.5. The number of benzene rings is 2. The summed E-state index contributed by atoms with van der Waals surface area (Å²) in [5, 5.41) is 14.2. The summed E-state index contributed by atoms with van der Waals surface area (Å²) in [6.45, 7) is 0.531. The number of alkyl halides is 3. The molecular weight excluding hydrogens is 448 g/mol. The molecule has 0 heterocycles. The first-order valence-corrected chi connectivity index (χ1v) is 10.1. The van der Waals surface area contributed by atoms with Gasteiger partial charge in [0.2, 0.25) is 0 Å². The molecule has 0 aromatic heterocycles. The number of esters is 1. The highest BCUT2D eigenvalue weighted by Gasteiger charge is 2.34. The Morgan fingerprint density at radius 1 is 1.12 bits per heavy atom. The number of nitro groups is 1. The Hall–Kier alpha value is -3.21. The van der Waals surface area contributed by atoms with Gasteiger partial charge in [-0.15, -0.1) is 0 Å². The molecule has 0 spiro atoms. The summed E-state index contributed by atoms with van der Waals surface area (Å²) in [6.07, 6.45) is -2.28. The topological polar surface area (TPSA) is 90.7 Å². The Balaban J connectivity index is 1.99. The maximum absolute atomic E-state index is 13.5. The average Bonchev–Trinajstić information content (AvgIpc) is 2.77. The summed E-state index contributed by atoms with van der Waals surface area (Å²) < 4.78 is 62.4. The Kier molecular flexibility index (Phi) is 9.58. The highest BCUT2D eigenvalue weighted by molar-refractivity contribution is 5.68. The molecule has 0 saturated heterocycles. The van der Waals surface area contributed by atoms with Gasteiger partial charge in [-0.05, 0) is 43.1 Å². The standard InChI is InChI=1S/C22H24F4N2O5/c1-32-21(29)5-3-2-4-10-27-13-16-12-17(28(30)31)7-9-20(16)33-14-15-6-8-19(23)18(11-15)22(24,25)26/h6-9,11-12,27H,2-5,10,13-14H2,1H3. The molecule has 33 heavy (non-hydrogen) atoms. The number of carbonyl (C=O) groups is 1. The van der Waals surface area contributed by atoms with Gasteiger partial charge in [-0.1, -0.05) is 12.5 Å². The number of non-ortho nitro benzene ring substituents is 1. The van der Waals surface area contributed by atoms with E-state index in [1.165, 1.54) is 31.4 Å². The quantitative estimate of drug-likeness (QED) is 0.151. The molecule has 0 aliphatic rings. The Morgan fingerprint density at radius 3 is 2.55 bits per heavy atom. The van der Waals surface area contributed by atoms with Crippen molar-refractivity contribution in [2.24, 2.45) is 0 Å². The van der Waals surface area contributed by atoms with Crippen molar-refractivity contribution >= 4 is 11.7 Å². The van der Waals surface area contributed by atoms with Crippen LogP contribution in [0.2, 0.25) is 0 Å². The number of nitrogens with zero attached hydrogens (tertiary/aromatic N) is 1. The van der Waals surface area contributed by atoms with Crippen LogP contribution in [0.3, 0.4) is 0 Å². The third-order valence-corrected chi connectivity index (χ3v) is 4.76. The summed E-state index contributed by atoms with van der Waals surface area (Å²) in [6, 6.07) is 6.51. The zero-order valence-corrected chi connectivity index (χ0v) is 17.9. The predicted octanol–water partition coefficient (Wildman–Crippen LogP) is 5.15. The van der Waals surface area contributed by atoms with Crippen LogP contribution in [-0.2, 0) is 28.9 Å². The molecule has 0 fully saturated rings. The molecule has 7 nitrogen and oxygen atoms in total. The lowest BCUT2D eigenvalue weighted by molar-refractivity contribution is -0.384. The van der Waals surface area contributed by atoms with Crippen molar-refractivity contribution in [1.29, 1.82) is 0 Å². The van der Waals surface area contributed by atoms with Crippen LogP contribution in [0.25, 0.3) is 0 Å². The van der Waals surface area contributed by atoms with E-state index in [0.29, 0.717) is 31.0 Å². The van der Waals surface area contributed by atoms with Gasteiger partial charge in [0, 0.05) is 30.7 Å². The van der Waals surface area contributed by atoms with Gasteiger partial charge in [0.05, 0.1) is 17.6 Å². The molecule has 0 radical (unpaired) electrons. The summed E-state index contributed by atoms with van der Waals surface area (Å²) in [5.41, 5.74) is -0.983. The van der Waals surface area contributed by atoms with Crippen LogP contribution in [0.15, 0.2) is 36.4 Å². The predicted molar refractivity (Wildman–Crippen MR) is 111 cm³/mol. The fourth-order valence-electron chi connectivity index (χ4n) is 3.02. The van der Waals surface area contributed by atoms with Crippen molar-refractivity contribution in [2.75, 3.05) is 13.7 Å². The highest BCUT2D eigenvalue weighted by atomic mass is 19.4. The van der Waals surface area contributed by atoms with Crippen molar-refractivity contribution < 1.29 is 36.8 Å². The van der Waals surface area contributed by atoms with E-state index in [2.05, 4.69) is 10.1 Å². The number of nitro benzene ring substituents is 1. The molecule has 180 valence electrons. The van der Waals surface area contributed by atoms with Crippen LogP contribution in [0.5, 0.6) is 5.75 Å². The number of halogens is 4. The summed E-state index contributed by atoms with van der Waals surface area (Å²) in [5.74, 6) is -1.39. The minimum atomic E-state index is -4.83. The van der Waals surface area contributed by atoms with Crippen LogP contribution in [-0.4, -0.2) is 24.5 Å². The first-order valence-electron chi connectivity index (χ1n) is 10.1. The van der Waals surface area contributed by atoms with Crippen LogP contribution < -0.4 is 10.1 Å². The number of ether oxygens (including phenoxy) is 2. The van der Waals surface area contributed by atoms with Gasteiger partial charge >= 0.3 is 12.1 Å². The second-order valence-electron chi connectivity index (χ2n) is 7.21. The van der Waals surface area contributed by atoms with Crippen molar-refractivity contribution in [2.45, 2.75) is 45.0 Å². The van der Waals surface area contributed by atoms with Crippen molar-refractivity contribution in [3.63, 3.8) is 0 Å². The monoisotopic (exact) mass is 472 g/mol. The number of hydrogen-bond donors (Lipinski definition) is 1. The highest BCUT2D eigenvalue weighted by Crippen LogP contribution is 2.32. The van der Waals surface area contributed by atoms with Crippen LogP contribution in [0.1, 0.15) is 42.4 Å². The molecule has 2 aromatic rings. The van der Waals surface area contributed by atoms with Gasteiger partial charge in [-0.25, -0.2) is 4.39 Å². The van der Waals surface area contributed by atoms with E-state index in [-0.39, 0.29) is 36.1 Å². The minimum Gasteiger partial charge on any atom is -0.489 e. The Labute approximate surface area is 187 Å². The Bertz CT molecular complexity index is 966. The number of rotatable bonds is 12. The van der Waals surface area contributed by atoms with Gasteiger partial charge in [-0.2, -0.15) is 13.2 Å². The van der Waals surface area contributed by atoms with E-state index in [9.17, 15) is 32.5 Å². The number of nitrogens with one attached hydrogen (secondary N) is 1. The molecule has 0 aliphatic heterocycles. The lowest BCUT2D eigenvalue weighted by Crippen LogP contribution is -2.16. The lowest BCUT2D eigenvalue weighted by Gasteiger charge is -2.14. The molecule has 2 rings (SSSR count). The van der Waals surface area contributed by atoms with Gasteiger partial charge in [0.25, 0.3) is 5.69 Å².